The molecule has 0 saturated carbocycles. The average Bonchev–Trinajstić information content (AvgIpc) is 3.07. The SMILES string of the molecule is CNC(=O)c1[nH]c2ccccc2c1CN1CCC(c2c(C)cccc2C)CC1. The van der Waals surface area contributed by atoms with Gasteiger partial charge in [0.15, 0.2) is 0 Å². The van der Waals surface area contributed by atoms with E-state index in [0.717, 1.165) is 36.1 Å². The minimum Gasteiger partial charge on any atom is -0.354 e. The van der Waals surface area contributed by atoms with Crippen molar-refractivity contribution in [2.75, 3.05) is 20.1 Å². The lowest BCUT2D eigenvalue weighted by atomic mass is 9.84. The molecule has 0 bridgehead atoms. The first-order chi connectivity index (χ1) is 13.6. The Morgan fingerprint density at radius 2 is 1.75 bits per heavy atom. The number of piperidine rings is 1. The Bertz CT molecular complexity index is 976. The molecule has 1 aliphatic rings. The van der Waals surface area contributed by atoms with Gasteiger partial charge in [-0.25, -0.2) is 0 Å². The predicted molar refractivity (Wildman–Crippen MR) is 115 cm³/mol. The van der Waals surface area contributed by atoms with Gasteiger partial charge in [-0.05, 0) is 68.5 Å². The third-order valence-electron chi connectivity index (χ3n) is 6.19. The van der Waals surface area contributed by atoms with Crippen LogP contribution in [-0.4, -0.2) is 35.9 Å². The van der Waals surface area contributed by atoms with Crippen molar-refractivity contribution in [3.63, 3.8) is 0 Å². The smallest absolute Gasteiger partial charge is 0.267 e. The maximum Gasteiger partial charge on any atom is 0.267 e. The maximum atomic E-state index is 12.4. The number of amides is 1. The zero-order valence-electron chi connectivity index (χ0n) is 17.0. The predicted octanol–water partition coefficient (Wildman–Crippen LogP) is 4.52. The Morgan fingerprint density at radius 3 is 2.43 bits per heavy atom. The fourth-order valence-electron chi connectivity index (χ4n) is 4.76. The molecular formula is C24H29N3O. The number of nitrogens with one attached hydrogen (secondary N) is 2. The van der Waals surface area contributed by atoms with Crippen LogP contribution in [0, 0.1) is 13.8 Å². The molecule has 0 spiro atoms. The van der Waals surface area contributed by atoms with Crippen molar-refractivity contribution in [2.45, 2.75) is 39.2 Å². The van der Waals surface area contributed by atoms with E-state index in [-0.39, 0.29) is 5.91 Å². The van der Waals surface area contributed by atoms with Gasteiger partial charge >= 0.3 is 0 Å². The number of hydrogen-bond acceptors (Lipinski definition) is 2. The molecule has 1 aliphatic heterocycles. The summed E-state index contributed by atoms with van der Waals surface area (Å²) in [5.41, 5.74) is 7.21. The summed E-state index contributed by atoms with van der Waals surface area (Å²) in [6, 6.07) is 14.8. The number of aromatic amines is 1. The Kier molecular flexibility index (Phi) is 5.23. The van der Waals surface area contributed by atoms with Gasteiger partial charge in [-0.15, -0.1) is 0 Å². The van der Waals surface area contributed by atoms with E-state index in [4.69, 9.17) is 0 Å². The lowest BCUT2D eigenvalue weighted by Gasteiger charge is -2.33. The molecule has 0 radical (unpaired) electrons. The number of fused-ring (bicyclic) bond motifs is 1. The molecule has 2 aromatic carbocycles. The van der Waals surface area contributed by atoms with E-state index in [1.807, 2.05) is 18.2 Å². The van der Waals surface area contributed by atoms with Crippen molar-refractivity contribution < 1.29 is 4.79 Å². The Hall–Kier alpha value is -2.59. The summed E-state index contributed by atoms with van der Waals surface area (Å²) < 4.78 is 0. The molecule has 0 aliphatic carbocycles. The van der Waals surface area contributed by atoms with Gasteiger partial charge in [0, 0.05) is 30.1 Å². The molecule has 0 atom stereocenters. The molecule has 4 heteroatoms. The number of aryl methyl sites for hydroxylation is 2. The first kappa shape index (κ1) is 18.8. The molecule has 1 aromatic heterocycles. The van der Waals surface area contributed by atoms with Crippen LogP contribution in [0.1, 0.15) is 51.5 Å². The van der Waals surface area contributed by atoms with Crippen molar-refractivity contribution >= 4 is 16.8 Å². The van der Waals surface area contributed by atoms with Crippen LogP contribution in [0.25, 0.3) is 10.9 Å². The van der Waals surface area contributed by atoms with Gasteiger partial charge < -0.3 is 10.3 Å². The van der Waals surface area contributed by atoms with Crippen LogP contribution < -0.4 is 5.32 Å². The van der Waals surface area contributed by atoms with E-state index in [9.17, 15) is 4.79 Å². The van der Waals surface area contributed by atoms with Gasteiger partial charge in [0.1, 0.15) is 5.69 Å². The number of aromatic nitrogens is 1. The highest BCUT2D eigenvalue weighted by Gasteiger charge is 2.25. The highest BCUT2D eigenvalue weighted by molar-refractivity contribution is 6.00. The third kappa shape index (κ3) is 3.45. The zero-order valence-corrected chi connectivity index (χ0v) is 17.0. The van der Waals surface area contributed by atoms with E-state index < -0.39 is 0 Å². The molecule has 1 fully saturated rings. The topological polar surface area (TPSA) is 48.1 Å². The highest BCUT2D eigenvalue weighted by atomic mass is 16.1. The first-order valence-corrected chi connectivity index (χ1v) is 10.2. The quantitative estimate of drug-likeness (QED) is 0.704. The van der Waals surface area contributed by atoms with Crippen LogP contribution in [0.15, 0.2) is 42.5 Å². The van der Waals surface area contributed by atoms with E-state index in [2.05, 4.69) is 53.3 Å². The van der Waals surface area contributed by atoms with Crippen molar-refractivity contribution in [1.29, 1.82) is 0 Å². The first-order valence-electron chi connectivity index (χ1n) is 10.2. The second-order valence-electron chi connectivity index (χ2n) is 7.96. The number of carbonyl (C=O) groups is 1. The molecule has 2 heterocycles. The fraction of sp³-hybridized carbons (Fsp3) is 0.375. The van der Waals surface area contributed by atoms with E-state index in [0.29, 0.717) is 11.6 Å². The van der Waals surface area contributed by atoms with Gasteiger partial charge in [-0.2, -0.15) is 0 Å². The molecule has 0 unspecified atom stereocenters. The molecule has 1 saturated heterocycles. The average molecular weight is 376 g/mol. The summed E-state index contributed by atoms with van der Waals surface area (Å²) in [5.74, 6) is 0.593. The number of rotatable bonds is 4. The molecule has 146 valence electrons. The summed E-state index contributed by atoms with van der Waals surface area (Å²) in [7, 11) is 1.69. The second-order valence-corrected chi connectivity index (χ2v) is 7.96. The third-order valence-corrected chi connectivity index (χ3v) is 6.19. The van der Waals surface area contributed by atoms with Gasteiger partial charge in [-0.3, -0.25) is 9.69 Å². The lowest BCUT2D eigenvalue weighted by molar-refractivity contribution is 0.0956. The van der Waals surface area contributed by atoms with Crippen LogP contribution in [0.3, 0.4) is 0 Å². The summed E-state index contributed by atoms with van der Waals surface area (Å²) in [5, 5.41) is 3.92. The van der Waals surface area contributed by atoms with Crippen LogP contribution in [0.2, 0.25) is 0 Å². The van der Waals surface area contributed by atoms with Gasteiger partial charge in [0.25, 0.3) is 5.91 Å². The Labute approximate surface area is 166 Å². The standard InChI is InChI=1S/C24H29N3O/c1-16-7-6-8-17(2)22(16)18-11-13-27(14-12-18)15-20-19-9-4-5-10-21(19)26-23(20)24(28)25-3/h4-10,18,26H,11-15H2,1-3H3,(H,25,28). The molecule has 28 heavy (non-hydrogen) atoms. The van der Waals surface area contributed by atoms with Crippen molar-refractivity contribution in [2.24, 2.45) is 0 Å². The molecule has 1 amide bonds. The van der Waals surface area contributed by atoms with Crippen molar-refractivity contribution in [1.82, 2.24) is 15.2 Å². The summed E-state index contributed by atoms with van der Waals surface area (Å²) in [4.78, 5) is 18.2. The normalized spacial score (nSPS) is 15.8. The van der Waals surface area contributed by atoms with Crippen molar-refractivity contribution in [3.05, 3.63) is 70.4 Å². The number of nitrogens with zero attached hydrogens (tertiary/aromatic N) is 1. The number of carbonyl (C=O) groups excluding carboxylic acids is 1. The number of likely N-dealkylation sites (tertiary alicyclic amines) is 1. The zero-order chi connectivity index (χ0) is 19.7. The molecular weight excluding hydrogens is 346 g/mol. The minimum atomic E-state index is -0.0448. The largest absolute Gasteiger partial charge is 0.354 e. The second kappa shape index (κ2) is 7.80. The van der Waals surface area contributed by atoms with Gasteiger partial charge in [-0.1, -0.05) is 36.4 Å². The van der Waals surface area contributed by atoms with E-state index >= 15 is 0 Å². The lowest BCUT2D eigenvalue weighted by Crippen LogP contribution is -2.33. The Morgan fingerprint density at radius 1 is 1.07 bits per heavy atom. The molecule has 3 aromatic rings. The van der Waals surface area contributed by atoms with Crippen LogP contribution >= 0.6 is 0 Å². The maximum absolute atomic E-state index is 12.4. The van der Waals surface area contributed by atoms with E-state index in [1.54, 1.807) is 12.6 Å². The number of para-hydroxylation sites is 1. The molecule has 2 N–H and O–H groups in total. The van der Waals surface area contributed by atoms with Gasteiger partial charge in [0.2, 0.25) is 0 Å². The van der Waals surface area contributed by atoms with Gasteiger partial charge in [0.05, 0.1) is 0 Å². The monoisotopic (exact) mass is 375 g/mol. The number of H-pyrrole nitrogens is 1. The van der Waals surface area contributed by atoms with Crippen LogP contribution in [0.4, 0.5) is 0 Å². The van der Waals surface area contributed by atoms with Crippen LogP contribution in [0.5, 0.6) is 0 Å². The fourth-order valence-corrected chi connectivity index (χ4v) is 4.76. The number of hydrogen-bond donors (Lipinski definition) is 2. The number of benzene rings is 2. The minimum absolute atomic E-state index is 0.0448. The highest BCUT2D eigenvalue weighted by Crippen LogP contribution is 2.33. The molecule has 4 nitrogen and oxygen atoms in total. The summed E-state index contributed by atoms with van der Waals surface area (Å²) in [6.45, 7) is 7.40. The Balaban J connectivity index is 1.53. The summed E-state index contributed by atoms with van der Waals surface area (Å²) in [6.07, 6.45) is 2.34. The molecule has 4 rings (SSSR count). The van der Waals surface area contributed by atoms with E-state index in [1.165, 1.54) is 24.0 Å². The summed E-state index contributed by atoms with van der Waals surface area (Å²) >= 11 is 0. The van der Waals surface area contributed by atoms with Crippen LogP contribution in [-0.2, 0) is 6.54 Å². The van der Waals surface area contributed by atoms with Crippen molar-refractivity contribution in [3.8, 4) is 0 Å².